The average molecular weight is 343 g/mol. The maximum absolute atomic E-state index is 3.76. The average Bonchev–Trinajstić information content (AvgIpc) is 2.85. The fourth-order valence-corrected chi connectivity index (χ4v) is 5.02. The molecule has 0 spiro atoms. The lowest BCUT2D eigenvalue weighted by Crippen LogP contribution is -2.53. The van der Waals surface area contributed by atoms with E-state index in [4.69, 9.17) is 0 Å². The van der Waals surface area contributed by atoms with Crippen molar-refractivity contribution in [3.8, 4) is 0 Å². The first-order valence-electron chi connectivity index (χ1n) is 7.51. The molecule has 1 saturated heterocycles. The fourth-order valence-electron chi connectivity index (χ4n) is 3.50. The molecule has 0 amide bonds. The van der Waals surface area contributed by atoms with Crippen LogP contribution in [0.2, 0.25) is 0 Å². The minimum Gasteiger partial charge on any atom is -0.311 e. The van der Waals surface area contributed by atoms with Gasteiger partial charge in [-0.05, 0) is 46.8 Å². The highest BCUT2D eigenvalue weighted by atomic mass is 79.9. The fraction of sp³-hybridized carbons (Fsp3) is 0.733. The summed E-state index contributed by atoms with van der Waals surface area (Å²) in [5, 5.41) is 3.76. The lowest BCUT2D eigenvalue weighted by molar-refractivity contribution is 0.142. The lowest BCUT2D eigenvalue weighted by atomic mass is 9.83. The van der Waals surface area contributed by atoms with Crippen molar-refractivity contribution in [1.29, 1.82) is 0 Å². The number of nitrogens with one attached hydrogen (secondary N) is 1. The van der Waals surface area contributed by atoms with E-state index >= 15 is 0 Å². The van der Waals surface area contributed by atoms with E-state index in [1.54, 1.807) is 0 Å². The third-order valence-corrected chi connectivity index (χ3v) is 6.13. The molecule has 2 aliphatic rings. The van der Waals surface area contributed by atoms with Gasteiger partial charge in [-0.3, -0.25) is 4.90 Å². The van der Waals surface area contributed by atoms with Crippen LogP contribution >= 0.6 is 27.3 Å². The summed E-state index contributed by atoms with van der Waals surface area (Å²) in [5.74, 6) is 0.923. The molecule has 1 aromatic rings. The largest absolute Gasteiger partial charge is 0.311 e. The summed E-state index contributed by atoms with van der Waals surface area (Å²) in [5.41, 5.74) is 0. The third kappa shape index (κ3) is 3.81. The van der Waals surface area contributed by atoms with E-state index in [0.717, 1.165) is 25.0 Å². The smallest absolute Gasteiger partial charge is 0.0701 e. The van der Waals surface area contributed by atoms with Crippen LogP contribution in [0.1, 0.15) is 37.0 Å². The van der Waals surface area contributed by atoms with Gasteiger partial charge < -0.3 is 5.32 Å². The number of hydrogen-bond acceptors (Lipinski definition) is 3. The first kappa shape index (κ1) is 14.1. The first-order chi connectivity index (χ1) is 9.31. The predicted molar refractivity (Wildman–Crippen MR) is 85.7 cm³/mol. The molecule has 2 fully saturated rings. The zero-order valence-corrected chi connectivity index (χ0v) is 13.8. The minimum atomic E-state index is 0.734. The van der Waals surface area contributed by atoms with Crippen molar-refractivity contribution in [2.24, 2.45) is 5.92 Å². The minimum absolute atomic E-state index is 0.734. The Hall–Kier alpha value is 0.1000. The summed E-state index contributed by atoms with van der Waals surface area (Å²) >= 11 is 5.43. The Balaban J connectivity index is 1.55. The van der Waals surface area contributed by atoms with Crippen LogP contribution in [0.15, 0.2) is 15.9 Å². The van der Waals surface area contributed by atoms with Gasteiger partial charge >= 0.3 is 0 Å². The molecule has 106 valence electrons. The van der Waals surface area contributed by atoms with E-state index in [1.165, 1.54) is 53.9 Å². The van der Waals surface area contributed by atoms with E-state index in [0.29, 0.717) is 0 Å². The SMILES string of the molecule is Brc1ccc(CN2CCNC(C3CCCCC3)C2)s1. The molecule has 2 nitrogen and oxygen atoms in total. The standard InChI is InChI=1S/C15H23BrN2S/c16-15-7-6-13(19-15)10-18-9-8-17-14(11-18)12-4-2-1-3-5-12/h6-7,12,14,17H,1-5,8-11H2. The monoisotopic (exact) mass is 342 g/mol. The molecule has 4 heteroatoms. The highest BCUT2D eigenvalue weighted by Crippen LogP contribution is 2.29. The van der Waals surface area contributed by atoms with Crippen molar-refractivity contribution in [2.45, 2.75) is 44.7 Å². The molecule has 2 heterocycles. The van der Waals surface area contributed by atoms with Crippen molar-refractivity contribution < 1.29 is 0 Å². The Bertz CT molecular complexity index is 401. The van der Waals surface area contributed by atoms with E-state index in [-0.39, 0.29) is 0 Å². The normalized spacial score (nSPS) is 26.7. The second-order valence-corrected chi connectivity index (χ2v) is 8.45. The number of rotatable bonds is 3. The van der Waals surface area contributed by atoms with Crippen molar-refractivity contribution in [1.82, 2.24) is 10.2 Å². The summed E-state index contributed by atoms with van der Waals surface area (Å²) in [4.78, 5) is 4.12. The van der Waals surface area contributed by atoms with Crippen LogP contribution < -0.4 is 5.32 Å². The van der Waals surface area contributed by atoms with Crippen LogP contribution in [-0.4, -0.2) is 30.6 Å². The van der Waals surface area contributed by atoms with Gasteiger partial charge in [0.2, 0.25) is 0 Å². The molecular weight excluding hydrogens is 320 g/mol. The van der Waals surface area contributed by atoms with Crippen molar-refractivity contribution in [3.05, 3.63) is 20.8 Å². The molecule has 1 unspecified atom stereocenters. The number of nitrogens with zero attached hydrogens (tertiary/aromatic N) is 1. The van der Waals surface area contributed by atoms with Crippen LogP contribution in [0.4, 0.5) is 0 Å². The van der Waals surface area contributed by atoms with Gasteiger partial charge in [-0.1, -0.05) is 19.3 Å². The van der Waals surface area contributed by atoms with E-state index in [1.807, 2.05) is 11.3 Å². The van der Waals surface area contributed by atoms with Gasteiger partial charge in [-0.2, -0.15) is 0 Å². The summed E-state index contributed by atoms with van der Waals surface area (Å²) in [6, 6.07) is 5.16. The van der Waals surface area contributed by atoms with Gasteiger partial charge in [0.05, 0.1) is 3.79 Å². The zero-order chi connectivity index (χ0) is 13.1. The number of halogens is 1. The van der Waals surface area contributed by atoms with Crippen molar-refractivity contribution in [3.63, 3.8) is 0 Å². The Morgan fingerprint density at radius 1 is 1.26 bits per heavy atom. The Labute approximate surface area is 128 Å². The first-order valence-corrected chi connectivity index (χ1v) is 9.12. The van der Waals surface area contributed by atoms with E-state index in [9.17, 15) is 0 Å². The van der Waals surface area contributed by atoms with E-state index < -0.39 is 0 Å². The lowest BCUT2D eigenvalue weighted by Gasteiger charge is -2.39. The molecule has 1 saturated carbocycles. The molecular formula is C15H23BrN2S. The quantitative estimate of drug-likeness (QED) is 0.896. The van der Waals surface area contributed by atoms with Crippen LogP contribution in [0.3, 0.4) is 0 Å². The van der Waals surface area contributed by atoms with Gasteiger partial charge in [-0.25, -0.2) is 0 Å². The number of thiophene rings is 1. The Morgan fingerprint density at radius 2 is 2.11 bits per heavy atom. The van der Waals surface area contributed by atoms with Crippen LogP contribution in [0.5, 0.6) is 0 Å². The van der Waals surface area contributed by atoms with Crippen LogP contribution in [-0.2, 0) is 6.54 Å². The molecule has 1 aliphatic heterocycles. The molecule has 19 heavy (non-hydrogen) atoms. The topological polar surface area (TPSA) is 15.3 Å². The molecule has 1 N–H and O–H groups in total. The molecule has 1 aromatic heterocycles. The summed E-state index contributed by atoms with van der Waals surface area (Å²) < 4.78 is 1.25. The van der Waals surface area contributed by atoms with Gasteiger partial charge in [0.1, 0.15) is 0 Å². The van der Waals surface area contributed by atoms with E-state index in [2.05, 4.69) is 38.3 Å². The summed E-state index contributed by atoms with van der Waals surface area (Å²) in [7, 11) is 0. The van der Waals surface area contributed by atoms with Gasteiger partial charge in [-0.15, -0.1) is 11.3 Å². The van der Waals surface area contributed by atoms with Gasteiger partial charge in [0.25, 0.3) is 0 Å². The Kier molecular flexibility index (Phi) is 4.96. The highest BCUT2D eigenvalue weighted by Gasteiger charge is 2.27. The molecule has 1 aliphatic carbocycles. The van der Waals surface area contributed by atoms with Gasteiger partial charge in [0, 0.05) is 37.1 Å². The van der Waals surface area contributed by atoms with Crippen molar-refractivity contribution in [2.75, 3.05) is 19.6 Å². The molecule has 3 rings (SSSR count). The maximum Gasteiger partial charge on any atom is 0.0701 e. The molecule has 0 aromatic carbocycles. The zero-order valence-electron chi connectivity index (χ0n) is 11.4. The molecule has 0 radical (unpaired) electrons. The molecule has 1 atom stereocenters. The second kappa shape index (κ2) is 6.70. The second-order valence-electron chi connectivity index (χ2n) is 5.90. The third-order valence-electron chi connectivity index (χ3n) is 4.52. The number of piperazine rings is 1. The number of hydrogen-bond donors (Lipinski definition) is 1. The summed E-state index contributed by atoms with van der Waals surface area (Å²) in [6.45, 7) is 4.72. The van der Waals surface area contributed by atoms with Gasteiger partial charge in [0.15, 0.2) is 0 Å². The maximum atomic E-state index is 3.76. The molecule has 0 bridgehead atoms. The predicted octanol–water partition coefficient (Wildman–Crippen LogP) is 3.86. The highest BCUT2D eigenvalue weighted by molar-refractivity contribution is 9.11. The van der Waals surface area contributed by atoms with Crippen molar-refractivity contribution >= 4 is 27.3 Å². The van der Waals surface area contributed by atoms with Crippen LogP contribution in [0, 0.1) is 5.92 Å². The Morgan fingerprint density at radius 3 is 2.84 bits per heavy atom. The van der Waals surface area contributed by atoms with Crippen LogP contribution in [0.25, 0.3) is 0 Å². The summed E-state index contributed by atoms with van der Waals surface area (Å²) in [6.07, 6.45) is 7.23.